The molecule has 1 unspecified atom stereocenters. The first-order valence-electron chi connectivity index (χ1n) is 6.70. The molecule has 0 saturated carbocycles. The number of fused-ring (bicyclic) bond motifs is 1. The van der Waals surface area contributed by atoms with Gasteiger partial charge in [-0.15, -0.1) is 11.3 Å². The van der Waals surface area contributed by atoms with Crippen molar-refractivity contribution in [2.75, 3.05) is 5.32 Å². The molecule has 6 heteroatoms. The van der Waals surface area contributed by atoms with Gasteiger partial charge in [-0.2, -0.15) is 0 Å². The molecule has 108 valence electrons. The average molecular weight is 300 g/mol. The van der Waals surface area contributed by atoms with E-state index in [0.717, 1.165) is 21.9 Å². The van der Waals surface area contributed by atoms with E-state index in [1.165, 1.54) is 0 Å². The van der Waals surface area contributed by atoms with Crippen LogP contribution < -0.4 is 11.1 Å². The fourth-order valence-electron chi connectivity index (χ4n) is 2.10. The third-order valence-electron chi connectivity index (χ3n) is 3.07. The molecule has 1 aromatic carbocycles. The van der Waals surface area contributed by atoms with Crippen LogP contribution in [0, 0.1) is 0 Å². The van der Waals surface area contributed by atoms with Crippen LogP contribution >= 0.6 is 11.3 Å². The fraction of sp³-hybridized carbons (Fsp3) is 0.200. The molecule has 2 aromatic heterocycles. The van der Waals surface area contributed by atoms with Crippen LogP contribution in [0.15, 0.2) is 42.0 Å². The monoisotopic (exact) mass is 300 g/mol. The Labute approximate surface area is 126 Å². The van der Waals surface area contributed by atoms with Crippen LogP contribution in [0.5, 0.6) is 0 Å². The number of imidazole rings is 1. The van der Waals surface area contributed by atoms with Crippen LogP contribution in [-0.2, 0) is 4.79 Å². The first-order chi connectivity index (χ1) is 10.1. The van der Waals surface area contributed by atoms with E-state index in [9.17, 15) is 4.79 Å². The Kier molecular flexibility index (Phi) is 3.72. The number of amides is 1. The van der Waals surface area contributed by atoms with Gasteiger partial charge in [0, 0.05) is 41.5 Å². The highest BCUT2D eigenvalue weighted by Crippen LogP contribution is 2.23. The van der Waals surface area contributed by atoms with Gasteiger partial charge < -0.3 is 11.1 Å². The minimum atomic E-state index is -0.136. The van der Waals surface area contributed by atoms with Gasteiger partial charge >= 0.3 is 0 Å². The molecule has 0 aliphatic heterocycles. The summed E-state index contributed by atoms with van der Waals surface area (Å²) in [4.78, 5) is 17.2. The number of rotatable bonds is 4. The molecule has 5 nitrogen and oxygen atoms in total. The normalized spacial score (nSPS) is 12.5. The molecule has 0 radical (unpaired) electrons. The summed E-state index contributed by atoms with van der Waals surface area (Å²) in [6, 6.07) is 7.52. The number of anilines is 1. The van der Waals surface area contributed by atoms with E-state index in [4.69, 9.17) is 5.73 Å². The van der Waals surface area contributed by atoms with Crippen molar-refractivity contribution in [1.29, 1.82) is 0 Å². The predicted molar refractivity (Wildman–Crippen MR) is 85.4 cm³/mol. The van der Waals surface area contributed by atoms with Crippen molar-refractivity contribution in [3.63, 3.8) is 0 Å². The van der Waals surface area contributed by atoms with Gasteiger partial charge in [0.25, 0.3) is 0 Å². The van der Waals surface area contributed by atoms with Crippen LogP contribution in [0.4, 0.5) is 5.69 Å². The lowest BCUT2D eigenvalue weighted by atomic mass is 10.1. The minimum Gasteiger partial charge on any atom is -0.327 e. The fourth-order valence-corrected chi connectivity index (χ4v) is 2.80. The van der Waals surface area contributed by atoms with E-state index in [1.54, 1.807) is 11.3 Å². The van der Waals surface area contributed by atoms with E-state index < -0.39 is 0 Å². The van der Waals surface area contributed by atoms with Crippen LogP contribution in [0.3, 0.4) is 0 Å². The van der Waals surface area contributed by atoms with Gasteiger partial charge in [-0.1, -0.05) is 12.1 Å². The second-order valence-electron chi connectivity index (χ2n) is 5.03. The van der Waals surface area contributed by atoms with Gasteiger partial charge in [-0.25, -0.2) is 4.98 Å². The maximum absolute atomic E-state index is 11.7. The second kappa shape index (κ2) is 5.67. The van der Waals surface area contributed by atoms with Gasteiger partial charge in [0.2, 0.25) is 5.91 Å². The number of thiazole rings is 1. The Hall–Kier alpha value is -2.18. The smallest absolute Gasteiger partial charge is 0.225 e. The molecule has 0 fully saturated rings. The quantitative estimate of drug-likeness (QED) is 0.778. The van der Waals surface area contributed by atoms with Crippen molar-refractivity contribution < 1.29 is 4.79 Å². The summed E-state index contributed by atoms with van der Waals surface area (Å²) in [5.74, 6) is -0.0692. The van der Waals surface area contributed by atoms with Crippen molar-refractivity contribution in [3.05, 3.63) is 42.0 Å². The zero-order chi connectivity index (χ0) is 14.8. The molecule has 21 heavy (non-hydrogen) atoms. The molecule has 2 heterocycles. The lowest BCUT2D eigenvalue weighted by Gasteiger charge is -2.07. The summed E-state index contributed by atoms with van der Waals surface area (Å²) in [6.07, 6.45) is 4.30. The van der Waals surface area contributed by atoms with Crippen molar-refractivity contribution >= 4 is 27.9 Å². The molecule has 3 rings (SSSR count). The van der Waals surface area contributed by atoms with Crippen molar-refractivity contribution in [2.45, 2.75) is 19.4 Å². The third-order valence-corrected chi connectivity index (χ3v) is 3.84. The van der Waals surface area contributed by atoms with Crippen molar-refractivity contribution in [2.24, 2.45) is 5.73 Å². The van der Waals surface area contributed by atoms with E-state index in [1.807, 2.05) is 53.4 Å². The Balaban J connectivity index is 1.74. The number of benzene rings is 1. The zero-order valence-corrected chi connectivity index (χ0v) is 12.4. The molecule has 1 amide bonds. The molecule has 0 saturated heterocycles. The number of carbonyl (C=O) groups excluding carboxylic acids is 1. The second-order valence-corrected chi connectivity index (χ2v) is 5.90. The summed E-state index contributed by atoms with van der Waals surface area (Å²) in [5, 5.41) is 4.83. The molecular weight excluding hydrogens is 284 g/mol. The molecule has 0 aliphatic carbocycles. The first-order valence-corrected chi connectivity index (χ1v) is 7.58. The highest BCUT2D eigenvalue weighted by atomic mass is 32.1. The average Bonchev–Trinajstić information content (AvgIpc) is 2.99. The summed E-state index contributed by atoms with van der Waals surface area (Å²) in [7, 11) is 0. The lowest BCUT2D eigenvalue weighted by molar-refractivity contribution is -0.116. The molecular formula is C15H16N4OS. The summed E-state index contributed by atoms with van der Waals surface area (Å²) in [5.41, 5.74) is 8.32. The third kappa shape index (κ3) is 3.12. The van der Waals surface area contributed by atoms with Crippen molar-refractivity contribution in [3.8, 4) is 11.3 Å². The minimum absolute atomic E-state index is 0.0692. The Morgan fingerprint density at radius 1 is 1.43 bits per heavy atom. The number of hydrogen-bond acceptors (Lipinski definition) is 4. The van der Waals surface area contributed by atoms with E-state index in [2.05, 4.69) is 10.3 Å². The molecule has 0 spiro atoms. The molecule has 3 aromatic rings. The lowest BCUT2D eigenvalue weighted by Crippen LogP contribution is -2.23. The molecule has 1 atom stereocenters. The zero-order valence-electron chi connectivity index (χ0n) is 11.6. The highest BCUT2D eigenvalue weighted by Gasteiger charge is 2.07. The van der Waals surface area contributed by atoms with Crippen LogP contribution in [0.2, 0.25) is 0 Å². The van der Waals surface area contributed by atoms with Gasteiger partial charge in [-0.3, -0.25) is 9.20 Å². The maximum Gasteiger partial charge on any atom is 0.225 e. The number of nitrogens with two attached hydrogens (primary N) is 1. The standard InChI is InChI=1S/C15H16N4OS/c1-10(16)8-14(20)17-12-4-2-11(3-5-12)13-9-19-6-7-21-15(19)18-13/h2-7,9-10H,8,16H2,1H3,(H,17,20). The van der Waals surface area contributed by atoms with E-state index in [0.29, 0.717) is 6.42 Å². The number of nitrogens with one attached hydrogen (secondary N) is 1. The van der Waals surface area contributed by atoms with Crippen LogP contribution in [0.1, 0.15) is 13.3 Å². The molecule has 0 aliphatic rings. The van der Waals surface area contributed by atoms with Crippen LogP contribution in [-0.4, -0.2) is 21.3 Å². The van der Waals surface area contributed by atoms with E-state index in [-0.39, 0.29) is 11.9 Å². The topological polar surface area (TPSA) is 72.4 Å². The largest absolute Gasteiger partial charge is 0.327 e. The molecule has 3 N–H and O–H groups in total. The van der Waals surface area contributed by atoms with Gasteiger partial charge in [0.1, 0.15) is 0 Å². The van der Waals surface area contributed by atoms with Gasteiger partial charge in [0.15, 0.2) is 4.96 Å². The maximum atomic E-state index is 11.7. The Bertz CT molecular complexity index is 729. The highest BCUT2D eigenvalue weighted by molar-refractivity contribution is 7.15. The molecule has 0 bridgehead atoms. The van der Waals surface area contributed by atoms with E-state index >= 15 is 0 Å². The van der Waals surface area contributed by atoms with Crippen molar-refractivity contribution in [1.82, 2.24) is 9.38 Å². The number of hydrogen-bond donors (Lipinski definition) is 2. The predicted octanol–water partition coefficient (Wildman–Crippen LogP) is 2.74. The SMILES string of the molecule is CC(N)CC(=O)Nc1ccc(-c2cn3ccsc3n2)cc1. The number of carbonyl (C=O) groups is 1. The first kappa shape index (κ1) is 13.8. The summed E-state index contributed by atoms with van der Waals surface area (Å²) in [6.45, 7) is 1.81. The number of nitrogens with zero attached hydrogens (tertiary/aromatic N) is 2. The van der Waals surface area contributed by atoms with Gasteiger partial charge in [0.05, 0.1) is 5.69 Å². The Morgan fingerprint density at radius 3 is 2.86 bits per heavy atom. The van der Waals surface area contributed by atoms with Gasteiger partial charge in [-0.05, 0) is 19.1 Å². The Morgan fingerprint density at radius 2 is 2.19 bits per heavy atom. The van der Waals surface area contributed by atoms with Crippen LogP contribution in [0.25, 0.3) is 16.2 Å². The number of aromatic nitrogens is 2. The summed E-state index contributed by atoms with van der Waals surface area (Å²) >= 11 is 1.60. The summed E-state index contributed by atoms with van der Waals surface area (Å²) < 4.78 is 2.00.